The zero-order valence-electron chi connectivity index (χ0n) is 10.4. The van der Waals surface area contributed by atoms with Crippen molar-refractivity contribution in [2.24, 2.45) is 0 Å². The number of hydrogen-bond donors (Lipinski definition) is 2. The molecule has 2 rings (SSSR count). The number of nitrogens with zero attached hydrogens (tertiary/aromatic N) is 1. The van der Waals surface area contributed by atoms with Gasteiger partial charge in [0.05, 0.1) is 18.5 Å². The third-order valence-corrected chi connectivity index (χ3v) is 2.76. The topological polar surface area (TPSA) is 60.2 Å². The molecular formula is C14H17N3O. The number of benzene rings is 1. The van der Waals surface area contributed by atoms with Gasteiger partial charge in [-0.05, 0) is 36.2 Å². The minimum absolute atomic E-state index is 0.648. The predicted molar refractivity (Wildman–Crippen MR) is 73.8 cm³/mol. The van der Waals surface area contributed by atoms with Gasteiger partial charge in [0.25, 0.3) is 0 Å². The fourth-order valence-corrected chi connectivity index (χ4v) is 1.77. The van der Waals surface area contributed by atoms with Crippen molar-refractivity contribution < 1.29 is 4.74 Å². The van der Waals surface area contributed by atoms with Gasteiger partial charge in [-0.2, -0.15) is 0 Å². The molecule has 0 aliphatic rings. The van der Waals surface area contributed by atoms with Gasteiger partial charge in [-0.25, -0.2) is 0 Å². The minimum Gasteiger partial charge on any atom is -0.495 e. The van der Waals surface area contributed by atoms with E-state index in [2.05, 4.69) is 10.3 Å². The summed E-state index contributed by atoms with van der Waals surface area (Å²) in [6, 6.07) is 9.74. The molecule has 2 aromatic rings. The lowest BCUT2D eigenvalue weighted by Crippen LogP contribution is -2.07. The van der Waals surface area contributed by atoms with Crippen LogP contribution in [0.4, 0.5) is 11.4 Å². The molecule has 4 heteroatoms. The highest BCUT2D eigenvalue weighted by Crippen LogP contribution is 2.28. The van der Waals surface area contributed by atoms with Crippen LogP contribution in [-0.2, 0) is 6.42 Å². The normalized spacial score (nSPS) is 10.1. The van der Waals surface area contributed by atoms with E-state index in [0.29, 0.717) is 11.4 Å². The van der Waals surface area contributed by atoms with Crippen molar-refractivity contribution in [1.29, 1.82) is 0 Å². The van der Waals surface area contributed by atoms with Crippen LogP contribution in [0.1, 0.15) is 5.56 Å². The van der Waals surface area contributed by atoms with E-state index in [1.54, 1.807) is 19.5 Å². The molecule has 0 aliphatic heterocycles. The summed E-state index contributed by atoms with van der Waals surface area (Å²) in [4.78, 5) is 3.99. The average Bonchev–Trinajstić information content (AvgIpc) is 2.42. The molecular weight excluding hydrogens is 226 g/mol. The molecule has 1 aromatic carbocycles. The SMILES string of the molecule is COc1cccc(NCCc2ccncc2)c1N. The van der Waals surface area contributed by atoms with Crippen LogP contribution < -0.4 is 15.8 Å². The van der Waals surface area contributed by atoms with Crippen LogP contribution in [-0.4, -0.2) is 18.6 Å². The smallest absolute Gasteiger partial charge is 0.143 e. The molecule has 1 aromatic heterocycles. The molecule has 1 heterocycles. The predicted octanol–water partition coefficient (Wildman–Crippen LogP) is 2.33. The first-order valence-electron chi connectivity index (χ1n) is 5.86. The molecule has 3 N–H and O–H groups in total. The molecule has 0 unspecified atom stereocenters. The zero-order chi connectivity index (χ0) is 12.8. The van der Waals surface area contributed by atoms with Crippen molar-refractivity contribution in [3.8, 4) is 5.75 Å². The van der Waals surface area contributed by atoms with Crippen LogP contribution in [0.15, 0.2) is 42.7 Å². The number of hydrogen-bond acceptors (Lipinski definition) is 4. The summed E-state index contributed by atoms with van der Waals surface area (Å²) >= 11 is 0. The molecule has 0 saturated carbocycles. The van der Waals surface area contributed by atoms with Crippen LogP contribution in [0.3, 0.4) is 0 Å². The number of aromatic nitrogens is 1. The number of anilines is 2. The lowest BCUT2D eigenvalue weighted by Gasteiger charge is -2.12. The lowest BCUT2D eigenvalue weighted by molar-refractivity contribution is 0.417. The Bertz CT molecular complexity index is 500. The third-order valence-electron chi connectivity index (χ3n) is 2.76. The number of nitrogens with two attached hydrogens (primary N) is 1. The molecule has 4 nitrogen and oxygen atoms in total. The van der Waals surface area contributed by atoms with Crippen LogP contribution >= 0.6 is 0 Å². The summed E-state index contributed by atoms with van der Waals surface area (Å²) in [6.45, 7) is 0.821. The van der Waals surface area contributed by atoms with Crippen LogP contribution in [0.25, 0.3) is 0 Å². The maximum Gasteiger partial charge on any atom is 0.143 e. The van der Waals surface area contributed by atoms with Gasteiger partial charge in [-0.3, -0.25) is 4.98 Å². The fourth-order valence-electron chi connectivity index (χ4n) is 1.77. The maximum atomic E-state index is 5.98. The number of para-hydroxylation sites is 1. The van der Waals surface area contributed by atoms with Gasteiger partial charge in [0.2, 0.25) is 0 Å². The highest BCUT2D eigenvalue weighted by molar-refractivity contribution is 5.72. The van der Waals surface area contributed by atoms with Crippen molar-refractivity contribution in [1.82, 2.24) is 4.98 Å². The summed E-state index contributed by atoms with van der Waals surface area (Å²) < 4.78 is 5.18. The Morgan fingerprint density at radius 2 is 2.00 bits per heavy atom. The number of ether oxygens (including phenoxy) is 1. The van der Waals surface area contributed by atoms with E-state index in [1.165, 1.54) is 5.56 Å². The van der Waals surface area contributed by atoms with E-state index in [9.17, 15) is 0 Å². The highest BCUT2D eigenvalue weighted by Gasteiger charge is 2.03. The number of methoxy groups -OCH3 is 1. The number of nitrogens with one attached hydrogen (secondary N) is 1. The molecule has 94 valence electrons. The third kappa shape index (κ3) is 2.91. The Morgan fingerprint density at radius 3 is 2.72 bits per heavy atom. The Kier molecular flexibility index (Phi) is 4.02. The van der Waals surface area contributed by atoms with Crippen molar-refractivity contribution in [2.75, 3.05) is 24.7 Å². The van der Waals surface area contributed by atoms with Gasteiger partial charge in [-0.1, -0.05) is 6.07 Å². The Hall–Kier alpha value is -2.23. The van der Waals surface area contributed by atoms with Gasteiger partial charge < -0.3 is 15.8 Å². The standard InChI is InChI=1S/C14H17N3O/c1-18-13-4-2-3-12(14(13)15)17-10-7-11-5-8-16-9-6-11/h2-6,8-9,17H,7,10,15H2,1H3. The first-order chi connectivity index (χ1) is 8.81. The van der Waals surface area contributed by atoms with E-state index in [1.807, 2.05) is 30.3 Å². The van der Waals surface area contributed by atoms with Crippen molar-refractivity contribution in [3.05, 3.63) is 48.3 Å². The van der Waals surface area contributed by atoms with E-state index < -0.39 is 0 Å². The Morgan fingerprint density at radius 1 is 1.22 bits per heavy atom. The Labute approximate surface area is 107 Å². The molecule has 18 heavy (non-hydrogen) atoms. The monoisotopic (exact) mass is 243 g/mol. The number of rotatable bonds is 5. The quantitative estimate of drug-likeness (QED) is 0.791. The molecule has 0 spiro atoms. The van der Waals surface area contributed by atoms with E-state index in [0.717, 1.165) is 18.7 Å². The molecule has 0 fully saturated rings. The molecule has 0 radical (unpaired) electrons. The van der Waals surface area contributed by atoms with Crippen LogP contribution in [0, 0.1) is 0 Å². The summed E-state index contributed by atoms with van der Waals surface area (Å²) in [7, 11) is 1.62. The lowest BCUT2D eigenvalue weighted by atomic mass is 10.2. The summed E-state index contributed by atoms with van der Waals surface area (Å²) in [5.41, 5.74) is 8.78. The second kappa shape index (κ2) is 5.91. The molecule has 0 aliphatic carbocycles. The van der Waals surface area contributed by atoms with Gasteiger partial charge >= 0.3 is 0 Å². The van der Waals surface area contributed by atoms with Crippen molar-refractivity contribution in [2.45, 2.75) is 6.42 Å². The average molecular weight is 243 g/mol. The second-order valence-electron chi connectivity index (χ2n) is 3.95. The second-order valence-corrected chi connectivity index (χ2v) is 3.95. The fraction of sp³-hybridized carbons (Fsp3) is 0.214. The van der Waals surface area contributed by atoms with Crippen LogP contribution in [0.2, 0.25) is 0 Å². The molecule has 0 atom stereocenters. The summed E-state index contributed by atoms with van der Waals surface area (Å²) in [5, 5.41) is 3.31. The number of nitrogen functional groups attached to an aromatic ring is 1. The van der Waals surface area contributed by atoms with Gasteiger partial charge in [0.1, 0.15) is 5.75 Å². The van der Waals surface area contributed by atoms with E-state index >= 15 is 0 Å². The van der Waals surface area contributed by atoms with Crippen LogP contribution in [0.5, 0.6) is 5.75 Å². The van der Waals surface area contributed by atoms with E-state index in [-0.39, 0.29) is 0 Å². The largest absolute Gasteiger partial charge is 0.495 e. The van der Waals surface area contributed by atoms with Crippen molar-refractivity contribution in [3.63, 3.8) is 0 Å². The van der Waals surface area contributed by atoms with Gasteiger partial charge in [-0.15, -0.1) is 0 Å². The first-order valence-corrected chi connectivity index (χ1v) is 5.86. The van der Waals surface area contributed by atoms with Crippen molar-refractivity contribution >= 4 is 11.4 Å². The minimum atomic E-state index is 0.648. The molecule has 0 amide bonds. The van der Waals surface area contributed by atoms with Gasteiger partial charge in [0, 0.05) is 18.9 Å². The molecule has 0 saturated heterocycles. The maximum absolute atomic E-state index is 5.98. The molecule has 0 bridgehead atoms. The Balaban J connectivity index is 1.95. The van der Waals surface area contributed by atoms with E-state index in [4.69, 9.17) is 10.5 Å². The summed E-state index contributed by atoms with van der Waals surface area (Å²) in [5.74, 6) is 0.698. The summed E-state index contributed by atoms with van der Waals surface area (Å²) in [6.07, 6.45) is 4.53. The van der Waals surface area contributed by atoms with Gasteiger partial charge in [0.15, 0.2) is 0 Å². The first kappa shape index (κ1) is 12.2. The highest BCUT2D eigenvalue weighted by atomic mass is 16.5. The zero-order valence-corrected chi connectivity index (χ0v) is 10.4. The number of pyridine rings is 1.